The Morgan fingerprint density at radius 2 is 1.95 bits per heavy atom. The van der Waals surface area contributed by atoms with Gasteiger partial charge in [-0.05, 0) is 27.7 Å². The highest BCUT2D eigenvalue weighted by atomic mass is 16.6. The number of rotatable bonds is 3. The van der Waals surface area contributed by atoms with Crippen LogP contribution in [0, 0.1) is 0 Å². The third-order valence-electron chi connectivity index (χ3n) is 2.87. The lowest BCUT2D eigenvalue weighted by atomic mass is 10.2. The van der Waals surface area contributed by atoms with Crippen molar-refractivity contribution in [2.24, 2.45) is 0 Å². The maximum atomic E-state index is 12.0. The second-order valence-corrected chi connectivity index (χ2v) is 5.77. The average molecular weight is 287 g/mol. The topological polar surface area (TPSA) is 79.9 Å². The normalized spacial score (nSPS) is 22.6. The van der Waals surface area contributed by atoms with E-state index in [-0.39, 0.29) is 24.3 Å². The van der Waals surface area contributed by atoms with Crippen LogP contribution in [-0.4, -0.2) is 61.5 Å². The van der Waals surface area contributed by atoms with Gasteiger partial charge in [0.2, 0.25) is 0 Å². The Labute approximate surface area is 120 Å². The molecule has 1 saturated heterocycles. The molecule has 0 aromatic heterocycles. The van der Waals surface area contributed by atoms with Crippen LogP contribution < -0.4 is 10.6 Å². The fraction of sp³-hybridized carbons (Fsp3) is 0.846. The number of ether oxygens (including phenoxy) is 2. The van der Waals surface area contributed by atoms with Gasteiger partial charge in [-0.25, -0.2) is 9.59 Å². The van der Waals surface area contributed by atoms with Crippen molar-refractivity contribution in [3.8, 4) is 0 Å². The van der Waals surface area contributed by atoms with E-state index in [1.165, 1.54) is 0 Å². The van der Waals surface area contributed by atoms with Crippen LogP contribution in [0.2, 0.25) is 0 Å². The number of hydrogen-bond donors (Lipinski definition) is 2. The molecule has 0 saturated carbocycles. The highest BCUT2D eigenvalue weighted by Gasteiger charge is 2.38. The summed E-state index contributed by atoms with van der Waals surface area (Å²) >= 11 is 0. The number of hydrogen-bond acceptors (Lipinski definition) is 4. The van der Waals surface area contributed by atoms with Crippen LogP contribution in [0.4, 0.5) is 9.59 Å². The first-order valence-corrected chi connectivity index (χ1v) is 6.82. The summed E-state index contributed by atoms with van der Waals surface area (Å²) in [6.07, 6.45) is -0.620. The Hall–Kier alpha value is -1.50. The van der Waals surface area contributed by atoms with E-state index < -0.39 is 5.60 Å². The van der Waals surface area contributed by atoms with Crippen LogP contribution in [0.1, 0.15) is 27.7 Å². The third kappa shape index (κ3) is 4.88. The van der Waals surface area contributed by atoms with Crippen molar-refractivity contribution >= 4 is 12.1 Å². The fourth-order valence-corrected chi connectivity index (χ4v) is 2.01. The molecule has 0 aromatic rings. The Bertz CT molecular complexity index is 354. The van der Waals surface area contributed by atoms with Crippen molar-refractivity contribution in [3.05, 3.63) is 0 Å². The second-order valence-electron chi connectivity index (χ2n) is 5.77. The van der Waals surface area contributed by atoms with Crippen LogP contribution in [0.15, 0.2) is 0 Å². The summed E-state index contributed by atoms with van der Waals surface area (Å²) in [5.41, 5.74) is -0.537. The standard InChI is InChI=1S/C13H25N3O4/c1-6-14-11(17)15-9-7-16(8-10(9)19-5)12(18)20-13(2,3)4/h9-10H,6-8H2,1-5H3,(H2,14,15,17)/t9-,10+/m1/s1. The number of methoxy groups -OCH3 is 1. The Balaban J connectivity index is 2.58. The van der Waals surface area contributed by atoms with E-state index in [2.05, 4.69) is 10.6 Å². The number of likely N-dealkylation sites (tertiary alicyclic amines) is 1. The number of carbonyl (C=O) groups is 2. The lowest BCUT2D eigenvalue weighted by Gasteiger charge is -2.24. The summed E-state index contributed by atoms with van der Waals surface area (Å²) in [5.74, 6) is 0. The first-order valence-electron chi connectivity index (χ1n) is 6.82. The summed E-state index contributed by atoms with van der Waals surface area (Å²) in [5, 5.41) is 5.46. The molecule has 116 valence electrons. The molecule has 0 spiro atoms. The van der Waals surface area contributed by atoms with Crippen molar-refractivity contribution in [1.82, 2.24) is 15.5 Å². The van der Waals surface area contributed by atoms with E-state index in [4.69, 9.17) is 9.47 Å². The largest absolute Gasteiger partial charge is 0.444 e. The molecule has 0 unspecified atom stereocenters. The van der Waals surface area contributed by atoms with E-state index in [1.54, 1.807) is 12.0 Å². The first kappa shape index (κ1) is 16.6. The van der Waals surface area contributed by atoms with E-state index >= 15 is 0 Å². The number of nitrogens with zero attached hydrogens (tertiary/aromatic N) is 1. The maximum absolute atomic E-state index is 12.0. The molecule has 2 atom stereocenters. The second kappa shape index (κ2) is 6.78. The molecular formula is C13H25N3O4. The molecule has 7 heteroatoms. The molecule has 1 aliphatic rings. The van der Waals surface area contributed by atoms with E-state index in [1.807, 2.05) is 27.7 Å². The van der Waals surface area contributed by atoms with Gasteiger partial charge in [-0.15, -0.1) is 0 Å². The molecule has 0 aliphatic carbocycles. The minimum Gasteiger partial charge on any atom is -0.444 e. The fourth-order valence-electron chi connectivity index (χ4n) is 2.01. The number of carbonyl (C=O) groups excluding carboxylic acids is 2. The molecule has 1 heterocycles. The summed E-state index contributed by atoms with van der Waals surface area (Å²) in [7, 11) is 1.57. The molecule has 2 N–H and O–H groups in total. The first-order chi connectivity index (χ1) is 9.26. The molecule has 20 heavy (non-hydrogen) atoms. The van der Waals surface area contributed by atoms with Crippen LogP contribution in [0.5, 0.6) is 0 Å². The van der Waals surface area contributed by atoms with Gasteiger partial charge in [-0.3, -0.25) is 0 Å². The van der Waals surface area contributed by atoms with Gasteiger partial charge in [0.25, 0.3) is 0 Å². The highest BCUT2D eigenvalue weighted by Crippen LogP contribution is 2.17. The molecular weight excluding hydrogens is 262 g/mol. The van der Waals surface area contributed by atoms with Crippen molar-refractivity contribution in [1.29, 1.82) is 0 Å². The Morgan fingerprint density at radius 3 is 2.45 bits per heavy atom. The lowest BCUT2D eigenvalue weighted by molar-refractivity contribution is 0.0252. The van der Waals surface area contributed by atoms with E-state index in [0.29, 0.717) is 19.6 Å². The van der Waals surface area contributed by atoms with Gasteiger partial charge in [-0.1, -0.05) is 0 Å². The minimum absolute atomic E-state index is 0.231. The van der Waals surface area contributed by atoms with Crippen LogP contribution in [0.25, 0.3) is 0 Å². The molecule has 0 radical (unpaired) electrons. The van der Waals surface area contributed by atoms with Gasteiger partial charge >= 0.3 is 12.1 Å². The Kier molecular flexibility index (Phi) is 5.62. The van der Waals surface area contributed by atoms with Crippen molar-refractivity contribution < 1.29 is 19.1 Å². The van der Waals surface area contributed by atoms with Gasteiger partial charge < -0.3 is 25.0 Å². The molecule has 1 fully saturated rings. The average Bonchev–Trinajstić information content (AvgIpc) is 2.70. The van der Waals surface area contributed by atoms with Gasteiger partial charge in [0.15, 0.2) is 0 Å². The smallest absolute Gasteiger partial charge is 0.410 e. The molecule has 7 nitrogen and oxygen atoms in total. The summed E-state index contributed by atoms with van der Waals surface area (Å²) < 4.78 is 10.6. The lowest BCUT2D eigenvalue weighted by Crippen LogP contribution is -2.48. The van der Waals surface area contributed by atoms with Crippen molar-refractivity contribution in [2.45, 2.75) is 45.4 Å². The number of urea groups is 1. The zero-order chi connectivity index (χ0) is 15.3. The van der Waals surface area contributed by atoms with Gasteiger partial charge in [0, 0.05) is 20.2 Å². The summed E-state index contributed by atoms with van der Waals surface area (Å²) in [4.78, 5) is 25.1. The SMILES string of the molecule is CCNC(=O)N[C@@H]1CN(C(=O)OC(C)(C)C)C[C@@H]1OC. The minimum atomic E-state index is -0.537. The van der Waals surface area contributed by atoms with Crippen molar-refractivity contribution in [3.63, 3.8) is 0 Å². The zero-order valence-electron chi connectivity index (χ0n) is 12.9. The molecule has 3 amide bonds. The molecule has 1 aliphatic heterocycles. The van der Waals surface area contributed by atoms with Gasteiger partial charge in [0.05, 0.1) is 18.7 Å². The number of nitrogens with one attached hydrogen (secondary N) is 2. The Morgan fingerprint density at radius 1 is 1.30 bits per heavy atom. The predicted molar refractivity (Wildman–Crippen MR) is 74.6 cm³/mol. The van der Waals surface area contributed by atoms with E-state index in [0.717, 1.165) is 0 Å². The monoisotopic (exact) mass is 287 g/mol. The maximum Gasteiger partial charge on any atom is 0.410 e. The predicted octanol–water partition coefficient (Wildman–Crippen LogP) is 0.940. The zero-order valence-corrected chi connectivity index (χ0v) is 12.9. The summed E-state index contributed by atoms with van der Waals surface area (Å²) in [6, 6.07) is -0.496. The molecule has 0 bridgehead atoms. The molecule has 1 rings (SSSR count). The van der Waals surface area contributed by atoms with Crippen LogP contribution >= 0.6 is 0 Å². The van der Waals surface area contributed by atoms with Gasteiger partial charge in [-0.2, -0.15) is 0 Å². The summed E-state index contributed by atoms with van der Waals surface area (Å²) in [6.45, 7) is 8.63. The van der Waals surface area contributed by atoms with Crippen molar-refractivity contribution in [2.75, 3.05) is 26.7 Å². The highest BCUT2D eigenvalue weighted by molar-refractivity contribution is 5.74. The van der Waals surface area contributed by atoms with Crippen LogP contribution in [-0.2, 0) is 9.47 Å². The quantitative estimate of drug-likeness (QED) is 0.809. The molecule has 0 aromatic carbocycles. The number of amides is 3. The third-order valence-corrected chi connectivity index (χ3v) is 2.87. The van der Waals surface area contributed by atoms with Gasteiger partial charge in [0.1, 0.15) is 5.60 Å². The van der Waals surface area contributed by atoms with Crippen LogP contribution in [0.3, 0.4) is 0 Å². The van der Waals surface area contributed by atoms with E-state index in [9.17, 15) is 9.59 Å².